The summed E-state index contributed by atoms with van der Waals surface area (Å²) in [5.41, 5.74) is 0. The number of hydrogen-bond donors (Lipinski definition) is 0. The van der Waals surface area contributed by atoms with Crippen LogP contribution in [0.1, 0.15) is 26.7 Å². The fourth-order valence-electron chi connectivity index (χ4n) is 0.977. The summed E-state index contributed by atoms with van der Waals surface area (Å²) in [4.78, 5) is 30.0. The Kier molecular flexibility index (Phi) is 12.8. The fourth-order valence-corrected chi connectivity index (χ4v) is 0.977. The number of rotatable bonds is 10. The van der Waals surface area contributed by atoms with Gasteiger partial charge in [-0.2, -0.15) is 19.4 Å². The smallest absolute Gasteiger partial charge is 0.429 e. The zero-order valence-electron chi connectivity index (χ0n) is 11.9. The molecule has 0 aliphatic rings. The summed E-state index contributed by atoms with van der Waals surface area (Å²) in [7, 11) is 0. The molecule has 0 radical (unpaired) electrons. The maximum absolute atomic E-state index is 10.9. The molecule has 0 aromatic heterocycles. The van der Waals surface area contributed by atoms with Gasteiger partial charge in [-0.1, -0.05) is 13.8 Å². The molecule has 0 aromatic rings. The van der Waals surface area contributed by atoms with Crippen LogP contribution in [0.2, 0.25) is 0 Å². The van der Waals surface area contributed by atoms with Gasteiger partial charge in [0.15, 0.2) is 0 Å². The minimum absolute atomic E-state index is 0.0160. The predicted molar refractivity (Wildman–Crippen MR) is 67.1 cm³/mol. The maximum Gasteiger partial charge on any atom is 0.550 e. The highest BCUT2D eigenvalue weighted by Crippen LogP contribution is 1.92. The van der Waals surface area contributed by atoms with Crippen LogP contribution in [-0.4, -0.2) is 52.0 Å². The maximum atomic E-state index is 10.9. The Bertz CT molecular complexity index is 230. The van der Waals surface area contributed by atoms with E-state index in [1.807, 2.05) is 13.8 Å². The van der Waals surface area contributed by atoms with Crippen LogP contribution in [0.4, 0.5) is 9.59 Å². The van der Waals surface area contributed by atoms with E-state index in [0.29, 0.717) is 13.2 Å². The molecule has 0 aliphatic carbocycles. The molecular weight excluding hydrogens is 272 g/mol. The van der Waals surface area contributed by atoms with E-state index in [-0.39, 0.29) is 26.4 Å². The molecule has 8 heteroatoms. The van der Waals surface area contributed by atoms with Crippen molar-refractivity contribution in [1.82, 2.24) is 0 Å². The van der Waals surface area contributed by atoms with Gasteiger partial charge in [-0.25, -0.2) is 0 Å². The Morgan fingerprint density at radius 2 is 1.05 bits per heavy atom. The number of hydrogen-bond acceptors (Lipinski definition) is 8. The summed E-state index contributed by atoms with van der Waals surface area (Å²) in [6, 6.07) is 0. The standard InChI is InChI=1S/C12H22O8/c1-3-5-15-7-9-17-11(13)19-20-12(14)18-10-8-16-6-4-2/h3-10H2,1-2H3. The van der Waals surface area contributed by atoms with Crippen LogP contribution in [0.5, 0.6) is 0 Å². The Balaban J connectivity index is 3.37. The van der Waals surface area contributed by atoms with Crippen molar-refractivity contribution in [3.05, 3.63) is 0 Å². The highest BCUT2D eigenvalue weighted by Gasteiger charge is 2.11. The minimum Gasteiger partial charge on any atom is -0.429 e. The van der Waals surface area contributed by atoms with Gasteiger partial charge < -0.3 is 18.9 Å². The van der Waals surface area contributed by atoms with Gasteiger partial charge in [-0.3, -0.25) is 0 Å². The van der Waals surface area contributed by atoms with Crippen molar-refractivity contribution in [1.29, 1.82) is 0 Å². The summed E-state index contributed by atoms with van der Waals surface area (Å²) in [5.74, 6) is 0. The van der Waals surface area contributed by atoms with E-state index in [2.05, 4.69) is 19.2 Å². The van der Waals surface area contributed by atoms with Crippen molar-refractivity contribution in [2.75, 3.05) is 39.6 Å². The molecule has 0 saturated carbocycles. The predicted octanol–water partition coefficient (Wildman–Crippen LogP) is 2.06. The zero-order chi connectivity index (χ0) is 15.1. The lowest BCUT2D eigenvalue weighted by Crippen LogP contribution is -2.17. The molecule has 118 valence electrons. The van der Waals surface area contributed by atoms with E-state index >= 15 is 0 Å². The van der Waals surface area contributed by atoms with Crippen LogP contribution < -0.4 is 0 Å². The highest BCUT2D eigenvalue weighted by molar-refractivity contribution is 5.63. The van der Waals surface area contributed by atoms with E-state index in [9.17, 15) is 9.59 Å². The molecule has 0 aromatic carbocycles. The topological polar surface area (TPSA) is 89.5 Å². The molecule has 0 amide bonds. The normalized spacial score (nSPS) is 9.90. The quantitative estimate of drug-likeness (QED) is 0.262. The third-order valence-corrected chi connectivity index (χ3v) is 1.77. The zero-order valence-corrected chi connectivity index (χ0v) is 11.9. The molecule has 0 rings (SSSR count). The molecule has 0 atom stereocenters. The molecule has 0 spiro atoms. The molecule has 0 unspecified atom stereocenters. The molecular formula is C12H22O8. The van der Waals surface area contributed by atoms with Crippen molar-refractivity contribution in [2.24, 2.45) is 0 Å². The van der Waals surface area contributed by atoms with Crippen molar-refractivity contribution in [3.63, 3.8) is 0 Å². The second kappa shape index (κ2) is 13.9. The summed E-state index contributed by atoms with van der Waals surface area (Å²) in [6.07, 6.45) is -0.517. The first-order valence-electron chi connectivity index (χ1n) is 6.54. The van der Waals surface area contributed by atoms with Gasteiger partial charge in [-0.05, 0) is 12.8 Å². The highest BCUT2D eigenvalue weighted by atomic mass is 17.3. The van der Waals surface area contributed by atoms with Gasteiger partial charge in [0.05, 0.1) is 13.2 Å². The molecule has 0 N–H and O–H groups in total. The molecule has 0 saturated heterocycles. The number of carbonyl (C=O) groups is 2. The van der Waals surface area contributed by atoms with E-state index in [0.717, 1.165) is 12.8 Å². The number of carbonyl (C=O) groups excluding carboxylic acids is 2. The van der Waals surface area contributed by atoms with Gasteiger partial charge in [0, 0.05) is 13.2 Å². The van der Waals surface area contributed by atoms with E-state index in [1.54, 1.807) is 0 Å². The Morgan fingerprint density at radius 3 is 1.40 bits per heavy atom. The average molecular weight is 294 g/mol. The Hall–Kier alpha value is -1.54. The molecule has 20 heavy (non-hydrogen) atoms. The van der Waals surface area contributed by atoms with E-state index < -0.39 is 12.3 Å². The molecule has 0 fully saturated rings. The van der Waals surface area contributed by atoms with E-state index in [1.165, 1.54) is 0 Å². The average Bonchev–Trinajstić information content (AvgIpc) is 2.44. The van der Waals surface area contributed by atoms with Gasteiger partial charge in [0.25, 0.3) is 0 Å². The van der Waals surface area contributed by atoms with Crippen LogP contribution >= 0.6 is 0 Å². The van der Waals surface area contributed by atoms with E-state index in [4.69, 9.17) is 9.47 Å². The van der Waals surface area contributed by atoms with Crippen molar-refractivity contribution in [2.45, 2.75) is 26.7 Å². The summed E-state index contributed by atoms with van der Waals surface area (Å²) in [5, 5.41) is 0. The lowest BCUT2D eigenvalue weighted by Gasteiger charge is -2.06. The summed E-state index contributed by atoms with van der Waals surface area (Å²) < 4.78 is 19.2. The van der Waals surface area contributed by atoms with Crippen LogP contribution in [-0.2, 0) is 28.7 Å². The van der Waals surface area contributed by atoms with Crippen molar-refractivity contribution in [3.8, 4) is 0 Å². The molecule has 0 aliphatic heterocycles. The second-order valence-electron chi connectivity index (χ2n) is 3.59. The van der Waals surface area contributed by atoms with Gasteiger partial charge in [0.1, 0.15) is 13.2 Å². The SMILES string of the molecule is CCCOCCOC(=O)OOC(=O)OCCOCCC. The largest absolute Gasteiger partial charge is 0.550 e. The minimum atomic E-state index is -1.13. The van der Waals surface area contributed by atoms with Gasteiger partial charge in [-0.15, -0.1) is 0 Å². The lowest BCUT2D eigenvalue weighted by molar-refractivity contribution is -0.219. The van der Waals surface area contributed by atoms with Crippen LogP contribution in [0.15, 0.2) is 0 Å². The molecule has 0 heterocycles. The number of ether oxygens (including phenoxy) is 4. The first kappa shape index (κ1) is 18.5. The lowest BCUT2D eigenvalue weighted by atomic mass is 10.5. The van der Waals surface area contributed by atoms with Gasteiger partial charge >= 0.3 is 12.3 Å². The summed E-state index contributed by atoms with van der Waals surface area (Å²) in [6.45, 7) is 5.63. The first-order valence-corrected chi connectivity index (χ1v) is 6.54. The second-order valence-corrected chi connectivity index (χ2v) is 3.59. The van der Waals surface area contributed by atoms with Crippen LogP contribution in [0.25, 0.3) is 0 Å². The third kappa shape index (κ3) is 12.9. The molecule has 8 nitrogen and oxygen atoms in total. The van der Waals surface area contributed by atoms with Crippen molar-refractivity contribution < 1.29 is 38.3 Å². The van der Waals surface area contributed by atoms with Crippen LogP contribution in [0, 0.1) is 0 Å². The Labute approximate surface area is 118 Å². The third-order valence-electron chi connectivity index (χ3n) is 1.77. The fraction of sp³-hybridized carbons (Fsp3) is 0.833. The summed E-state index contributed by atoms with van der Waals surface area (Å²) >= 11 is 0. The Morgan fingerprint density at radius 1 is 0.650 bits per heavy atom. The van der Waals surface area contributed by atoms with Crippen molar-refractivity contribution >= 4 is 12.3 Å². The first-order chi connectivity index (χ1) is 9.70. The van der Waals surface area contributed by atoms with Gasteiger partial charge in [0.2, 0.25) is 0 Å². The van der Waals surface area contributed by atoms with Crippen LogP contribution in [0.3, 0.4) is 0 Å². The molecule has 0 bridgehead atoms. The monoisotopic (exact) mass is 294 g/mol.